The van der Waals surface area contributed by atoms with Crippen molar-refractivity contribution in [3.05, 3.63) is 45.4 Å². The Morgan fingerprint density at radius 3 is 2.64 bits per heavy atom. The average molecular weight is 339 g/mol. The lowest BCUT2D eigenvalue weighted by Crippen LogP contribution is -2.24. The topological polar surface area (TPSA) is 88.2 Å². The van der Waals surface area contributed by atoms with Crippen molar-refractivity contribution in [3.8, 4) is 0 Å². The van der Waals surface area contributed by atoms with Gasteiger partial charge >= 0.3 is 0 Å². The molecule has 6 nitrogen and oxygen atoms in total. The zero-order chi connectivity index (χ0) is 16.3. The summed E-state index contributed by atoms with van der Waals surface area (Å²) in [6.07, 6.45) is 1.05. The lowest BCUT2D eigenvalue weighted by Gasteiger charge is -2.11. The van der Waals surface area contributed by atoms with E-state index in [2.05, 4.69) is 15.0 Å². The van der Waals surface area contributed by atoms with Gasteiger partial charge in [0, 0.05) is 11.1 Å². The van der Waals surface area contributed by atoms with Crippen molar-refractivity contribution in [3.63, 3.8) is 0 Å². The predicted octanol–water partition coefficient (Wildman–Crippen LogP) is 2.06. The summed E-state index contributed by atoms with van der Waals surface area (Å²) in [6, 6.07) is 4.98. The molecule has 1 amide bonds. The Hall–Kier alpha value is -1.93. The number of nitrogens with zero attached hydrogens (tertiary/aromatic N) is 1. The van der Waals surface area contributed by atoms with Crippen molar-refractivity contribution in [2.45, 2.75) is 20.4 Å². The molecule has 1 aromatic carbocycles. The van der Waals surface area contributed by atoms with Gasteiger partial charge in [-0.3, -0.25) is 9.52 Å². The van der Waals surface area contributed by atoms with Gasteiger partial charge in [-0.1, -0.05) is 11.6 Å². The number of aromatic nitrogens is 1. The first kappa shape index (κ1) is 16.4. The van der Waals surface area contributed by atoms with Crippen LogP contribution < -0.4 is 10.0 Å². The second-order valence-electron chi connectivity index (χ2n) is 4.99. The van der Waals surface area contributed by atoms with E-state index in [9.17, 15) is 13.2 Å². The Kier molecular flexibility index (Phi) is 4.82. The number of aryl methyl sites for hydroxylation is 2. The normalized spacial score (nSPS) is 11.2. The smallest absolute Gasteiger partial charge is 0.253 e. The van der Waals surface area contributed by atoms with Gasteiger partial charge in [0.1, 0.15) is 5.01 Å². The van der Waals surface area contributed by atoms with Gasteiger partial charge in [0.15, 0.2) is 0 Å². The van der Waals surface area contributed by atoms with Gasteiger partial charge in [0.05, 0.1) is 24.1 Å². The van der Waals surface area contributed by atoms with E-state index in [1.807, 2.05) is 19.2 Å². The number of rotatable bonds is 5. The summed E-state index contributed by atoms with van der Waals surface area (Å²) in [7, 11) is -3.45. The summed E-state index contributed by atoms with van der Waals surface area (Å²) >= 11 is 1.47. The molecule has 2 N–H and O–H groups in total. The Labute approximate surface area is 133 Å². The molecule has 1 aromatic heterocycles. The highest BCUT2D eigenvalue weighted by Crippen LogP contribution is 2.19. The first-order valence-electron chi connectivity index (χ1n) is 6.52. The van der Waals surface area contributed by atoms with E-state index < -0.39 is 10.0 Å². The fourth-order valence-electron chi connectivity index (χ4n) is 1.87. The van der Waals surface area contributed by atoms with Crippen molar-refractivity contribution >= 4 is 33.0 Å². The number of sulfonamides is 1. The number of benzene rings is 1. The maximum atomic E-state index is 12.3. The van der Waals surface area contributed by atoms with E-state index in [1.54, 1.807) is 18.2 Å². The van der Waals surface area contributed by atoms with Crippen LogP contribution in [-0.4, -0.2) is 25.6 Å². The Balaban J connectivity index is 2.18. The number of carbonyl (C=O) groups is 1. The first-order chi connectivity index (χ1) is 10.2. The number of hydrogen-bond acceptors (Lipinski definition) is 5. The Bertz CT molecular complexity index is 797. The monoisotopic (exact) mass is 339 g/mol. The summed E-state index contributed by atoms with van der Waals surface area (Å²) in [6.45, 7) is 4.03. The highest BCUT2D eigenvalue weighted by Gasteiger charge is 2.14. The molecule has 0 aliphatic heterocycles. The van der Waals surface area contributed by atoms with Gasteiger partial charge in [-0.2, -0.15) is 0 Å². The summed E-state index contributed by atoms with van der Waals surface area (Å²) < 4.78 is 25.1. The maximum absolute atomic E-state index is 12.3. The van der Waals surface area contributed by atoms with Gasteiger partial charge in [-0.25, -0.2) is 13.4 Å². The fraction of sp³-hybridized carbons (Fsp3) is 0.286. The molecule has 0 unspecified atom stereocenters. The van der Waals surface area contributed by atoms with Crippen molar-refractivity contribution in [1.82, 2.24) is 10.3 Å². The van der Waals surface area contributed by atoms with Crippen LogP contribution in [0, 0.1) is 13.8 Å². The van der Waals surface area contributed by atoms with Gasteiger partial charge in [-0.05, 0) is 26.0 Å². The number of amides is 1. The molecule has 2 rings (SSSR count). The minimum Gasteiger partial charge on any atom is -0.345 e. The SMILES string of the molecule is Cc1ccc(NS(C)(=O)=O)c(C(=O)NCc2nc(C)cs2)c1. The molecule has 0 aliphatic rings. The molecule has 2 aromatic rings. The van der Waals surface area contributed by atoms with Crippen LogP contribution >= 0.6 is 11.3 Å². The van der Waals surface area contributed by atoms with Gasteiger partial charge in [-0.15, -0.1) is 11.3 Å². The highest BCUT2D eigenvalue weighted by molar-refractivity contribution is 7.92. The molecule has 0 atom stereocenters. The van der Waals surface area contributed by atoms with Crippen molar-refractivity contribution < 1.29 is 13.2 Å². The van der Waals surface area contributed by atoms with Crippen LogP contribution in [0.1, 0.15) is 26.6 Å². The second kappa shape index (κ2) is 6.45. The largest absolute Gasteiger partial charge is 0.345 e. The number of nitrogens with one attached hydrogen (secondary N) is 2. The van der Waals surface area contributed by atoms with E-state index in [0.29, 0.717) is 12.1 Å². The minimum atomic E-state index is -3.45. The Morgan fingerprint density at radius 2 is 2.05 bits per heavy atom. The maximum Gasteiger partial charge on any atom is 0.253 e. The molecular formula is C14H17N3O3S2. The molecule has 8 heteroatoms. The van der Waals surface area contributed by atoms with E-state index in [1.165, 1.54) is 11.3 Å². The van der Waals surface area contributed by atoms with E-state index in [4.69, 9.17) is 0 Å². The summed E-state index contributed by atoms with van der Waals surface area (Å²) in [5, 5.41) is 5.47. The summed E-state index contributed by atoms with van der Waals surface area (Å²) in [4.78, 5) is 16.6. The van der Waals surface area contributed by atoms with Crippen molar-refractivity contribution in [2.75, 3.05) is 11.0 Å². The summed E-state index contributed by atoms with van der Waals surface area (Å²) in [5.74, 6) is -0.345. The third-order valence-electron chi connectivity index (χ3n) is 2.78. The molecule has 1 heterocycles. The minimum absolute atomic E-state index is 0.265. The zero-order valence-electron chi connectivity index (χ0n) is 12.5. The van der Waals surface area contributed by atoms with E-state index >= 15 is 0 Å². The number of carbonyl (C=O) groups excluding carboxylic acids is 1. The lowest BCUT2D eigenvalue weighted by atomic mass is 10.1. The van der Waals surface area contributed by atoms with Crippen LogP contribution in [-0.2, 0) is 16.6 Å². The van der Waals surface area contributed by atoms with Crippen LogP contribution in [0.3, 0.4) is 0 Å². The van der Waals surface area contributed by atoms with E-state index in [0.717, 1.165) is 22.5 Å². The molecule has 0 saturated heterocycles. The zero-order valence-corrected chi connectivity index (χ0v) is 14.1. The van der Waals surface area contributed by atoms with Crippen LogP contribution in [0.4, 0.5) is 5.69 Å². The van der Waals surface area contributed by atoms with Crippen LogP contribution in [0.2, 0.25) is 0 Å². The van der Waals surface area contributed by atoms with Crippen molar-refractivity contribution in [2.24, 2.45) is 0 Å². The molecule has 0 fully saturated rings. The second-order valence-corrected chi connectivity index (χ2v) is 7.68. The predicted molar refractivity (Wildman–Crippen MR) is 87.7 cm³/mol. The standard InChI is InChI=1S/C14H17N3O3S2/c1-9-4-5-12(17-22(3,19)20)11(6-9)14(18)15-7-13-16-10(2)8-21-13/h4-6,8,17H,7H2,1-3H3,(H,15,18). The van der Waals surface area contributed by atoms with Gasteiger partial charge in [0.2, 0.25) is 10.0 Å². The first-order valence-corrected chi connectivity index (χ1v) is 9.29. The van der Waals surface area contributed by atoms with Crippen molar-refractivity contribution in [1.29, 1.82) is 0 Å². The fourth-order valence-corrected chi connectivity index (χ4v) is 3.16. The number of thiazole rings is 1. The molecule has 0 bridgehead atoms. The summed E-state index contributed by atoms with van der Waals surface area (Å²) in [5.41, 5.74) is 2.33. The van der Waals surface area contributed by atoms with Gasteiger partial charge in [0.25, 0.3) is 5.91 Å². The Morgan fingerprint density at radius 1 is 1.32 bits per heavy atom. The quantitative estimate of drug-likeness (QED) is 0.873. The lowest BCUT2D eigenvalue weighted by molar-refractivity contribution is 0.0951. The third kappa shape index (κ3) is 4.54. The molecule has 0 aliphatic carbocycles. The molecule has 118 valence electrons. The van der Waals surface area contributed by atoms with Crippen LogP contribution in [0.5, 0.6) is 0 Å². The number of hydrogen-bond donors (Lipinski definition) is 2. The highest BCUT2D eigenvalue weighted by atomic mass is 32.2. The molecule has 22 heavy (non-hydrogen) atoms. The van der Waals surface area contributed by atoms with E-state index in [-0.39, 0.29) is 11.6 Å². The molecule has 0 radical (unpaired) electrons. The molecule has 0 spiro atoms. The van der Waals surface area contributed by atoms with Crippen LogP contribution in [0.25, 0.3) is 0 Å². The van der Waals surface area contributed by atoms with Crippen LogP contribution in [0.15, 0.2) is 23.6 Å². The number of anilines is 1. The molecular weight excluding hydrogens is 322 g/mol. The molecule has 0 saturated carbocycles. The third-order valence-corrected chi connectivity index (χ3v) is 4.34. The van der Waals surface area contributed by atoms with Gasteiger partial charge < -0.3 is 5.32 Å². The average Bonchev–Trinajstić information content (AvgIpc) is 2.82.